The molecule has 2 aliphatic heterocycles. The van der Waals surface area contributed by atoms with Gasteiger partial charge in [0.2, 0.25) is 5.91 Å². The molecule has 1 fully saturated rings. The first kappa shape index (κ1) is 22.1. The lowest BCUT2D eigenvalue weighted by atomic mass is 9.89. The minimum Gasteiger partial charge on any atom is -0.337 e. The molecule has 5 heteroatoms. The highest BCUT2D eigenvalue weighted by atomic mass is 32.1. The van der Waals surface area contributed by atoms with Crippen LogP contribution in [0.5, 0.6) is 0 Å². The molecule has 3 nitrogen and oxygen atoms in total. The number of amides is 1. The molecule has 170 valence electrons. The fourth-order valence-electron chi connectivity index (χ4n) is 5.67. The summed E-state index contributed by atoms with van der Waals surface area (Å²) in [5, 5.41) is 3.91. The molecule has 32 heavy (non-hydrogen) atoms. The second-order valence-electron chi connectivity index (χ2n) is 9.46. The predicted octanol–water partition coefficient (Wildman–Crippen LogP) is 6.16. The molecule has 1 aromatic carbocycles. The fraction of sp³-hybridized carbons (Fsp3) is 0.519. The third-order valence-corrected chi connectivity index (χ3v) is 10.0. The van der Waals surface area contributed by atoms with Gasteiger partial charge in [-0.1, -0.05) is 25.1 Å². The van der Waals surface area contributed by atoms with Gasteiger partial charge in [-0.2, -0.15) is 0 Å². The van der Waals surface area contributed by atoms with Gasteiger partial charge in [0.25, 0.3) is 0 Å². The maximum atomic E-state index is 11.8. The zero-order valence-electron chi connectivity index (χ0n) is 19.6. The van der Waals surface area contributed by atoms with Crippen molar-refractivity contribution in [2.75, 3.05) is 26.2 Å². The number of thiophene rings is 2. The first-order valence-electron chi connectivity index (χ1n) is 12.1. The number of benzene rings is 1. The van der Waals surface area contributed by atoms with Gasteiger partial charge in [-0.3, -0.25) is 4.79 Å². The van der Waals surface area contributed by atoms with Crippen molar-refractivity contribution >= 4 is 38.7 Å². The van der Waals surface area contributed by atoms with Crippen LogP contribution in [0.3, 0.4) is 0 Å². The molecule has 0 N–H and O–H groups in total. The normalized spacial score (nSPS) is 17.8. The van der Waals surface area contributed by atoms with E-state index in [4.69, 9.17) is 0 Å². The Kier molecular flexibility index (Phi) is 6.42. The summed E-state index contributed by atoms with van der Waals surface area (Å²) in [7, 11) is 0. The van der Waals surface area contributed by atoms with Crippen LogP contribution in [0.25, 0.3) is 10.1 Å². The monoisotopic (exact) mass is 466 g/mol. The fourth-order valence-corrected chi connectivity index (χ4v) is 8.25. The van der Waals surface area contributed by atoms with Crippen LogP contribution >= 0.6 is 22.7 Å². The molecule has 2 aromatic heterocycles. The summed E-state index contributed by atoms with van der Waals surface area (Å²) in [6.07, 6.45) is 5.86. The van der Waals surface area contributed by atoms with Crippen molar-refractivity contribution in [3.63, 3.8) is 0 Å². The largest absolute Gasteiger partial charge is 0.337 e. The molecule has 3 aromatic rings. The molecule has 0 unspecified atom stereocenters. The number of carbonyl (C=O) groups excluding carboxylic acids is 1. The summed E-state index contributed by atoms with van der Waals surface area (Å²) in [5.74, 6) is 0.916. The Morgan fingerprint density at radius 2 is 2.00 bits per heavy atom. The maximum Gasteiger partial charge on any atom is 0.219 e. The van der Waals surface area contributed by atoms with E-state index in [1.54, 1.807) is 28.5 Å². The molecule has 0 bridgehead atoms. The standard InChI is InChI=1S/C27H34N2OS2/c1-4-21-22-10-15-29(19(3)30)16-26(22)32-25(21)11-14-28-12-8-20(9-13-28)24-17-31-27-18(2)6-5-7-23(24)27/h5-7,17,20H,4,8-16H2,1-3H3. The smallest absolute Gasteiger partial charge is 0.219 e. The highest BCUT2D eigenvalue weighted by molar-refractivity contribution is 7.17. The average Bonchev–Trinajstić information content (AvgIpc) is 3.39. The van der Waals surface area contributed by atoms with Gasteiger partial charge >= 0.3 is 0 Å². The Morgan fingerprint density at radius 1 is 1.19 bits per heavy atom. The zero-order chi connectivity index (χ0) is 22.2. The second kappa shape index (κ2) is 9.28. The van der Waals surface area contributed by atoms with Crippen molar-refractivity contribution in [3.05, 3.63) is 55.6 Å². The molecule has 0 aliphatic carbocycles. The van der Waals surface area contributed by atoms with Crippen molar-refractivity contribution in [1.29, 1.82) is 0 Å². The van der Waals surface area contributed by atoms with Crippen LogP contribution in [0.1, 0.15) is 64.6 Å². The number of rotatable bonds is 5. The van der Waals surface area contributed by atoms with E-state index in [0.29, 0.717) is 5.92 Å². The third kappa shape index (κ3) is 4.15. The highest BCUT2D eigenvalue weighted by Gasteiger charge is 2.26. The summed E-state index contributed by atoms with van der Waals surface area (Å²) in [6, 6.07) is 6.76. The number of piperidine rings is 1. The summed E-state index contributed by atoms with van der Waals surface area (Å²) in [4.78, 5) is 19.5. The van der Waals surface area contributed by atoms with Crippen molar-refractivity contribution in [2.24, 2.45) is 0 Å². The highest BCUT2D eigenvalue weighted by Crippen LogP contribution is 2.38. The molecule has 4 heterocycles. The molecule has 1 amide bonds. The van der Waals surface area contributed by atoms with Crippen LogP contribution in [0, 0.1) is 6.92 Å². The lowest BCUT2D eigenvalue weighted by Gasteiger charge is -2.32. The number of nitrogens with zero attached hydrogens (tertiary/aromatic N) is 2. The molecular formula is C27H34N2OS2. The summed E-state index contributed by atoms with van der Waals surface area (Å²) < 4.78 is 1.47. The first-order valence-corrected chi connectivity index (χ1v) is 13.8. The minimum atomic E-state index is 0.208. The van der Waals surface area contributed by atoms with E-state index in [-0.39, 0.29) is 5.91 Å². The van der Waals surface area contributed by atoms with Crippen LogP contribution in [-0.2, 0) is 30.6 Å². The van der Waals surface area contributed by atoms with Gasteiger partial charge in [-0.15, -0.1) is 22.7 Å². The van der Waals surface area contributed by atoms with Gasteiger partial charge in [0.05, 0.1) is 6.54 Å². The van der Waals surface area contributed by atoms with Gasteiger partial charge in [-0.25, -0.2) is 0 Å². The third-order valence-electron chi connectivity index (χ3n) is 7.56. The van der Waals surface area contributed by atoms with E-state index < -0.39 is 0 Å². The van der Waals surface area contributed by atoms with E-state index in [0.717, 1.165) is 32.4 Å². The predicted molar refractivity (Wildman–Crippen MR) is 137 cm³/mol. The first-order chi connectivity index (χ1) is 15.5. The van der Waals surface area contributed by atoms with E-state index in [1.165, 1.54) is 53.0 Å². The van der Waals surface area contributed by atoms with E-state index >= 15 is 0 Å². The molecule has 0 spiro atoms. The van der Waals surface area contributed by atoms with Crippen molar-refractivity contribution in [3.8, 4) is 0 Å². The molecule has 0 saturated carbocycles. The Labute approximate surface area is 200 Å². The van der Waals surface area contributed by atoms with Gasteiger partial charge in [0.15, 0.2) is 0 Å². The second-order valence-corrected chi connectivity index (χ2v) is 11.5. The lowest BCUT2D eigenvalue weighted by Crippen LogP contribution is -2.34. The Bertz CT molecular complexity index is 1120. The lowest BCUT2D eigenvalue weighted by molar-refractivity contribution is -0.129. The quantitative estimate of drug-likeness (QED) is 0.449. The number of hydrogen-bond acceptors (Lipinski definition) is 4. The van der Waals surface area contributed by atoms with Gasteiger partial charge in [0, 0.05) is 34.5 Å². The zero-order valence-corrected chi connectivity index (χ0v) is 21.2. The molecule has 0 atom stereocenters. The average molecular weight is 467 g/mol. The van der Waals surface area contributed by atoms with Crippen molar-refractivity contribution < 1.29 is 4.79 Å². The Morgan fingerprint density at radius 3 is 2.75 bits per heavy atom. The van der Waals surface area contributed by atoms with Crippen LogP contribution in [0.2, 0.25) is 0 Å². The van der Waals surface area contributed by atoms with E-state index in [2.05, 4.69) is 42.3 Å². The molecule has 2 aliphatic rings. The molecule has 0 radical (unpaired) electrons. The van der Waals surface area contributed by atoms with Gasteiger partial charge < -0.3 is 9.80 Å². The molecule has 5 rings (SSSR count). The Hall–Kier alpha value is -1.69. The molecule has 1 saturated heterocycles. The van der Waals surface area contributed by atoms with E-state index in [1.807, 2.05) is 27.6 Å². The number of hydrogen-bond donors (Lipinski definition) is 0. The van der Waals surface area contributed by atoms with Crippen LogP contribution in [0.15, 0.2) is 23.6 Å². The number of likely N-dealkylation sites (tertiary alicyclic amines) is 1. The minimum absolute atomic E-state index is 0.208. The van der Waals surface area contributed by atoms with Gasteiger partial charge in [0.1, 0.15) is 0 Å². The number of aryl methyl sites for hydroxylation is 1. The van der Waals surface area contributed by atoms with E-state index in [9.17, 15) is 4.79 Å². The van der Waals surface area contributed by atoms with Crippen molar-refractivity contribution in [2.45, 2.75) is 65.3 Å². The summed E-state index contributed by atoms with van der Waals surface area (Å²) in [5.41, 5.74) is 6.14. The van der Waals surface area contributed by atoms with Crippen LogP contribution < -0.4 is 0 Å². The van der Waals surface area contributed by atoms with Gasteiger partial charge in [-0.05, 0) is 91.1 Å². The maximum absolute atomic E-state index is 11.8. The van der Waals surface area contributed by atoms with Crippen molar-refractivity contribution in [1.82, 2.24) is 9.80 Å². The summed E-state index contributed by atoms with van der Waals surface area (Å²) in [6.45, 7) is 11.5. The van der Waals surface area contributed by atoms with Crippen LogP contribution in [-0.4, -0.2) is 41.9 Å². The number of carbonyl (C=O) groups is 1. The SMILES string of the molecule is CCc1c(CCN2CCC(c3csc4c(C)cccc34)CC2)sc2c1CCN(C(C)=O)C2. The Balaban J connectivity index is 1.21. The van der Waals surface area contributed by atoms with Crippen LogP contribution in [0.4, 0.5) is 0 Å². The topological polar surface area (TPSA) is 23.6 Å². The number of fused-ring (bicyclic) bond motifs is 2. The molecular weight excluding hydrogens is 432 g/mol. The summed E-state index contributed by atoms with van der Waals surface area (Å²) >= 11 is 3.90.